The molecule has 0 unspecified atom stereocenters. The van der Waals surface area contributed by atoms with Crippen molar-refractivity contribution in [3.05, 3.63) is 66.5 Å². The van der Waals surface area contributed by atoms with Crippen molar-refractivity contribution >= 4 is 34.9 Å². The zero-order valence-corrected chi connectivity index (χ0v) is 12.8. The number of aromatic nitrogens is 2. The van der Waals surface area contributed by atoms with Crippen LogP contribution >= 0.6 is 11.8 Å². The number of rotatable bonds is 2. The average molecular weight is 320 g/mol. The van der Waals surface area contributed by atoms with Crippen molar-refractivity contribution in [3.8, 4) is 0 Å². The zero-order chi connectivity index (χ0) is 15.6. The number of hydrogen-bond acceptors (Lipinski definition) is 5. The summed E-state index contributed by atoms with van der Waals surface area (Å²) >= 11 is 1.54. The van der Waals surface area contributed by atoms with E-state index >= 15 is 0 Å². The maximum absolute atomic E-state index is 12.4. The van der Waals surface area contributed by atoms with Crippen LogP contribution in [0.4, 0.5) is 17.2 Å². The van der Waals surface area contributed by atoms with E-state index in [2.05, 4.69) is 20.6 Å². The Morgan fingerprint density at radius 2 is 1.87 bits per heavy atom. The SMILES string of the molecule is O=C(Nc1ccccc1)c1ccc2c(c1)Nc1nccnc1S2. The maximum atomic E-state index is 12.4. The third-order valence-electron chi connectivity index (χ3n) is 3.40. The molecule has 2 aromatic carbocycles. The van der Waals surface area contributed by atoms with Gasteiger partial charge in [-0.05, 0) is 30.3 Å². The van der Waals surface area contributed by atoms with Crippen LogP contribution in [0.25, 0.3) is 0 Å². The summed E-state index contributed by atoms with van der Waals surface area (Å²) in [5.74, 6) is 0.571. The Bertz CT molecular complexity index is 883. The van der Waals surface area contributed by atoms with Gasteiger partial charge in [-0.3, -0.25) is 4.79 Å². The Labute approximate surface area is 137 Å². The normalized spacial score (nSPS) is 11.8. The highest BCUT2D eigenvalue weighted by atomic mass is 32.2. The van der Waals surface area contributed by atoms with Gasteiger partial charge < -0.3 is 10.6 Å². The molecule has 2 N–H and O–H groups in total. The highest BCUT2D eigenvalue weighted by molar-refractivity contribution is 7.99. The van der Waals surface area contributed by atoms with Gasteiger partial charge in [0.05, 0.1) is 5.69 Å². The largest absolute Gasteiger partial charge is 0.337 e. The van der Waals surface area contributed by atoms with Crippen LogP contribution in [-0.4, -0.2) is 15.9 Å². The van der Waals surface area contributed by atoms with Crippen LogP contribution in [0.15, 0.2) is 70.8 Å². The molecule has 112 valence electrons. The molecule has 1 amide bonds. The summed E-state index contributed by atoms with van der Waals surface area (Å²) in [5.41, 5.74) is 2.23. The molecule has 2 heterocycles. The minimum atomic E-state index is -0.143. The van der Waals surface area contributed by atoms with E-state index in [0.717, 1.165) is 21.3 Å². The first-order chi connectivity index (χ1) is 11.3. The number of para-hydroxylation sites is 1. The maximum Gasteiger partial charge on any atom is 0.255 e. The predicted molar refractivity (Wildman–Crippen MR) is 90.3 cm³/mol. The Kier molecular flexibility index (Phi) is 3.44. The average Bonchev–Trinajstić information content (AvgIpc) is 2.60. The third-order valence-corrected chi connectivity index (χ3v) is 4.47. The Morgan fingerprint density at radius 1 is 1.04 bits per heavy atom. The molecular formula is C17H12N4OS. The van der Waals surface area contributed by atoms with Crippen LogP contribution in [0.1, 0.15) is 10.4 Å². The highest BCUT2D eigenvalue weighted by Gasteiger charge is 2.19. The number of anilines is 3. The van der Waals surface area contributed by atoms with Crippen LogP contribution in [0, 0.1) is 0 Å². The van der Waals surface area contributed by atoms with E-state index < -0.39 is 0 Å². The first-order valence-electron chi connectivity index (χ1n) is 7.06. The van der Waals surface area contributed by atoms with Crippen LogP contribution in [0.2, 0.25) is 0 Å². The molecule has 0 spiro atoms. The molecule has 1 aliphatic heterocycles. The highest BCUT2D eigenvalue weighted by Crippen LogP contribution is 2.42. The fraction of sp³-hybridized carbons (Fsp3) is 0. The van der Waals surface area contributed by atoms with Gasteiger partial charge in [0.1, 0.15) is 5.03 Å². The number of benzene rings is 2. The lowest BCUT2D eigenvalue weighted by Gasteiger charge is -2.19. The van der Waals surface area contributed by atoms with Gasteiger partial charge >= 0.3 is 0 Å². The molecule has 4 rings (SSSR count). The second kappa shape index (κ2) is 5.73. The molecule has 0 saturated heterocycles. The second-order valence-electron chi connectivity index (χ2n) is 4.97. The summed E-state index contributed by atoms with van der Waals surface area (Å²) in [7, 11) is 0. The summed E-state index contributed by atoms with van der Waals surface area (Å²) in [4.78, 5) is 21.9. The molecule has 3 aromatic rings. The Morgan fingerprint density at radius 3 is 2.74 bits per heavy atom. The molecule has 0 saturated carbocycles. The minimum Gasteiger partial charge on any atom is -0.337 e. The van der Waals surface area contributed by atoms with Gasteiger partial charge in [-0.25, -0.2) is 9.97 Å². The first kappa shape index (κ1) is 13.8. The van der Waals surface area contributed by atoms with Crippen molar-refractivity contribution in [2.75, 3.05) is 10.6 Å². The lowest BCUT2D eigenvalue weighted by atomic mass is 10.1. The molecule has 1 aliphatic rings. The summed E-state index contributed by atoms with van der Waals surface area (Å²) in [6, 6.07) is 15.0. The molecule has 23 heavy (non-hydrogen) atoms. The van der Waals surface area contributed by atoms with Crippen LogP contribution in [0.5, 0.6) is 0 Å². The van der Waals surface area contributed by atoms with E-state index in [-0.39, 0.29) is 5.91 Å². The van der Waals surface area contributed by atoms with Gasteiger partial charge in [0, 0.05) is 28.5 Å². The number of nitrogens with zero attached hydrogens (tertiary/aromatic N) is 2. The van der Waals surface area contributed by atoms with E-state index in [1.165, 1.54) is 11.8 Å². The topological polar surface area (TPSA) is 66.9 Å². The summed E-state index contributed by atoms with van der Waals surface area (Å²) in [6.07, 6.45) is 3.31. The van der Waals surface area contributed by atoms with E-state index in [4.69, 9.17) is 0 Å². The smallest absolute Gasteiger partial charge is 0.255 e. The standard InChI is InChI=1S/C17H12N4OS/c22-16(20-12-4-2-1-3-5-12)11-6-7-14-13(10-11)21-15-17(23-14)19-9-8-18-15/h1-10H,(H,18,21)(H,20,22). The van der Waals surface area contributed by atoms with Crippen LogP contribution < -0.4 is 10.6 Å². The van der Waals surface area contributed by atoms with E-state index in [0.29, 0.717) is 11.4 Å². The van der Waals surface area contributed by atoms with Gasteiger partial charge in [0.2, 0.25) is 0 Å². The number of nitrogens with one attached hydrogen (secondary N) is 2. The number of hydrogen-bond donors (Lipinski definition) is 2. The fourth-order valence-electron chi connectivity index (χ4n) is 2.30. The van der Waals surface area contributed by atoms with Crippen molar-refractivity contribution in [2.24, 2.45) is 0 Å². The van der Waals surface area contributed by atoms with Crippen molar-refractivity contribution in [1.29, 1.82) is 0 Å². The van der Waals surface area contributed by atoms with E-state index in [9.17, 15) is 4.79 Å². The molecule has 0 aliphatic carbocycles. The Balaban J connectivity index is 1.60. The van der Waals surface area contributed by atoms with E-state index in [1.807, 2.05) is 48.5 Å². The molecule has 0 atom stereocenters. The van der Waals surface area contributed by atoms with Gasteiger partial charge in [-0.15, -0.1) is 0 Å². The van der Waals surface area contributed by atoms with Crippen LogP contribution in [0.3, 0.4) is 0 Å². The van der Waals surface area contributed by atoms with Crippen molar-refractivity contribution in [1.82, 2.24) is 9.97 Å². The first-order valence-corrected chi connectivity index (χ1v) is 7.87. The lowest BCUT2D eigenvalue weighted by molar-refractivity contribution is 0.102. The van der Waals surface area contributed by atoms with E-state index in [1.54, 1.807) is 12.4 Å². The summed E-state index contributed by atoms with van der Waals surface area (Å²) in [6.45, 7) is 0. The zero-order valence-electron chi connectivity index (χ0n) is 12.0. The minimum absolute atomic E-state index is 0.143. The number of amides is 1. The van der Waals surface area contributed by atoms with Gasteiger partial charge in [-0.1, -0.05) is 30.0 Å². The van der Waals surface area contributed by atoms with Gasteiger partial charge in [0.15, 0.2) is 5.82 Å². The predicted octanol–water partition coefficient (Wildman–Crippen LogP) is 3.94. The summed E-state index contributed by atoms with van der Waals surface area (Å²) < 4.78 is 0. The van der Waals surface area contributed by atoms with Crippen molar-refractivity contribution < 1.29 is 4.79 Å². The van der Waals surface area contributed by atoms with Gasteiger partial charge in [0.25, 0.3) is 5.91 Å². The quantitative estimate of drug-likeness (QED) is 0.585. The molecule has 5 nitrogen and oxygen atoms in total. The monoisotopic (exact) mass is 320 g/mol. The number of carbonyl (C=O) groups excluding carboxylic acids is 1. The lowest BCUT2D eigenvalue weighted by Crippen LogP contribution is -2.13. The molecule has 1 aromatic heterocycles. The van der Waals surface area contributed by atoms with Crippen molar-refractivity contribution in [3.63, 3.8) is 0 Å². The summed E-state index contributed by atoms with van der Waals surface area (Å²) in [5, 5.41) is 6.94. The Hall–Kier alpha value is -2.86. The molecule has 0 radical (unpaired) electrons. The number of fused-ring (bicyclic) bond motifs is 2. The molecule has 6 heteroatoms. The molecule has 0 bridgehead atoms. The molecule has 0 fully saturated rings. The number of carbonyl (C=O) groups is 1. The van der Waals surface area contributed by atoms with Crippen LogP contribution in [-0.2, 0) is 0 Å². The van der Waals surface area contributed by atoms with Crippen molar-refractivity contribution in [2.45, 2.75) is 9.92 Å². The fourth-order valence-corrected chi connectivity index (χ4v) is 3.18. The molecular weight excluding hydrogens is 308 g/mol. The third kappa shape index (κ3) is 2.76. The van der Waals surface area contributed by atoms with Gasteiger partial charge in [-0.2, -0.15) is 0 Å². The second-order valence-corrected chi connectivity index (χ2v) is 6.00.